The van der Waals surface area contributed by atoms with Gasteiger partial charge in [-0.25, -0.2) is 0 Å². The first-order valence-electron chi connectivity index (χ1n) is 8.42. The third-order valence-electron chi connectivity index (χ3n) is 4.69. The van der Waals surface area contributed by atoms with E-state index < -0.39 is 0 Å². The molecule has 1 atom stereocenters. The second-order valence-electron chi connectivity index (χ2n) is 6.43. The van der Waals surface area contributed by atoms with Crippen LogP contribution in [0.25, 0.3) is 0 Å². The summed E-state index contributed by atoms with van der Waals surface area (Å²) in [4.78, 5) is 14.7. The number of nitrogens with one attached hydrogen (secondary N) is 1. The number of nitrogens with zero attached hydrogens (tertiary/aromatic N) is 1. The van der Waals surface area contributed by atoms with E-state index in [-0.39, 0.29) is 12.4 Å². The largest absolute Gasteiger partial charge is 0.497 e. The molecule has 2 aliphatic rings. The fraction of sp³-hybridized carbons (Fsp3) is 0.611. The maximum Gasteiger partial charge on any atom is 0.223 e. The summed E-state index contributed by atoms with van der Waals surface area (Å²) < 4.78 is 5.19. The number of hydrogen-bond donors (Lipinski definition) is 1. The molecule has 1 N–H and O–H groups in total. The van der Waals surface area contributed by atoms with Gasteiger partial charge in [0.1, 0.15) is 5.75 Å². The van der Waals surface area contributed by atoms with Crippen LogP contribution in [0, 0.1) is 0 Å². The first kappa shape index (κ1) is 18.1. The summed E-state index contributed by atoms with van der Waals surface area (Å²) in [6.45, 7) is 1.84. The standard InChI is InChI=1S/C18H26N2O2.ClH/c1-22-17-9-4-14(5-10-17)13-20(16-7-8-16)18(21)11-6-15-3-2-12-19-15;/h4-5,9-10,15-16,19H,2-3,6-8,11-13H2,1H3;1H. The van der Waals surface area contributed by atoms with E-state index in [2.05, 4.69) is 22.3 Å². The van der Waals surface area contributed by atoms with E-state index in [1.807, 2.05) is 12.1 Å². The minimum atomic E-state index is 0. The first-order chi connectivity index (χ1) is 10.8. The molecule has 1 aliphatic heterocycles. The average Bonchev–Trinajstić information content (AvgIpc) is 3.26. The zero-order valence-electron chi connectivity index (χ0n) is 13.8. The molecule has 4 nitrogen and oxygen atoms in total. The highest BCUT2D eigenvalue weighted by Gasteiger charge is 2.32. The van der Waals surface area contributed by atoms with Crippen LogP contribution in [0.15, 0.2) is 24.3 Å². The molecule has 5 heteroatoms. The monoisotopic (exact) mass is 338 g/mol. The Morgan fingerprint density at radius 1 is 1.26 bits per heavy atom. The molecule has 23 heavy (non-hydrogen) atoms. The van der Waals surface area contributed by atoms with Gasteiger partial charge in [0.15, 0.2) is 0 Å². The summed E-state index contributed by atoms with van der Waals surface area (Å²) in [6, 6.07) is 9.05. The van der Waals surface area contributed by atoms with E-state index in [1.54, 1.807) is 7.11 Å². The van der Waals surface area contributed by atoms with E-state index in [9.17, 15) is 4.79 Å². The van der Waals surface area contributed by atoms with Crippen LogP contribution in [0.3, 0.4) is 0 Å². The fourth-order valence-corrected chi connectivity index (χ4v) is 3.18. The topological polar surface area (TPSA) is 41.6 Å². The van der Waals surface area contributed by atoms with Crippen molar-refractivity contribution in [3.8, 4) is 5.75 Å². The van der Waals surface area contributed by atoms with Crippen molar-refractivity contribution in [1.29, 1.82) is 0 Å². The smallest absolute Gasteiger partial charge is 0.223 e. The van der Waals surface area contributed by atoms with Gasteiger partial charge in [-0.05, 0) is 56.3 Å². The third-order valence-corrected chi connectivity index (χ3v) is 4.69. The Kier molecular flexibility index (Phi) is 6.72. The van der Waals surface area contributed by atoms with E-state index in [0.29, 0.717) is 24.4 Å². The highest BCUT2D eigenvalue weighted by molar-refractivity contribution is 5.85. The van der Waals surface area contributed by atoms with Crippen molar-refractivity contribution >= 4 is 18.3 Å². The lowest BCUT2D eigenvalue weighted by Gasteiger charge is -2.23. The molecule has 1 saturated carbocycles. The predicted molar refractivity (Wildman–Crippen MR) is 94.1 cm³/mol. The highest BCUT2D eigenvalue weighted by Crippen LogP contribution is 2.29. The minimum absolute atomic E-state index is 0. The number of ether oxygens (including phenoxy) is 1. The van der Waals surface area contributed by atoms with Crippen LogP contribution in [0.1, 0.15) is 44.1 Å². The van der Waals surface area contributed by atoms with Gasteiger partial charge in [-0.1, -0.05) is 12.1 Å². The van der Waals surface area contributed by atoms with Gasteiger partial charge in [-0.2, -0.15) is 0 Å². The molecule has 0 aromatic heterocycles. The lowest BCUT2D eigenvalue weighted by molar-refractivity contribution is -0.132. The van der Waals surface area contributed by atoms with Gasteiger partial charge in [-0.15, -0.1) is 12.4 Å². The maximum atomic E-state index is 12.6. The second kappa shape index (κ2) is 8.55. The van der Waals surface area contributed by atoms with Crippen molar-refractivity contribution in [3.63, 3.8) is 0 Å². The molecule has 3 rings (SSSR count). The van der Waals surface area contributed by atoms with Crippen molar-refractivity contribution in [2.45, 2.75) is 57.2 Å². The van der Waals surface area contributed by atoms with Crippen molar-refractivity contribution < 1.29 is 9.53 Å². The molecular formula is C18H27ClN2O2. The Hall–Kier alpha value is -1.26. The summed E-state index contributed by atoms with van der Waals surface area (Å²) in [5.74, 6) is 1.17. The van der Waals surface area contributed by atoms with E-state index in [1.165, 1.54) is 18.4 Å². The molecule has 1 aliphatic carbocycles. The Labute approximate surface area is 145 Å². The summed E-state index contributed by atoms with van der Waals surface area (Å²) in [5.41, 5.74) is 1.18. The van der Waals surface area contributed by atoms with E-state index >= 15 is 0 Å². The van der Waals surface area contributed by atoms with Gasteiger partial charge >= 0.3 is 0 Å². The molecule has 1 aromatic rings. The number of carbonyl (C=O) groups is 1. The van der Waals surface area contributed by atoms with Gasteiger partial charge in [-0.3, -0.25) is 4.79 Å². The minimum Gasteiger partial charge on any atom is -0.497 e. The first-order valence-corrected chi connectivity index (χ1v) is 8.42. The normalized spacial score (nSPS) is 20.0. The summed E-state index contributed by atoms with van der Waals surface area (Å²) in [6.07, 6.45) is 6.42. The number of rotatable bonds is 7. The van der Waals surface area contributed by atoms with Crippen LogP contribution in [0.5, 0.6) is 5.75 Å². The number of halogens is 1. The van der Waals surface area contributed by atoms with Gasteiger partial charge in [0.2, 0.25) is 5.91 Å². The molecule has 1 saturated heterocycles. The number of carbonyl (C=O) groups excluding carboxylic acids is 1. The molecule has 0 spiro atoms. The summed E-state index contributed by atoms with van der Waals surface area (Å²) in [7, 11) is 1.67. The van der Waals surface area contributed by atoms with Crippen molar-refractivity contribution in [2.24, 2.45) is 0 Å². The van der Waals surface area contributed by atoms with Gasteiger partial charge < -0.3 is 15.0 Å². The highest BCUT2D eigenvalue weighted by atomic mass is 35.5. The van der Waals surface area contributed by atoms with Crippen LogP contribution in [0.2, 0.25) is 0 Å². The van der Waals surface area contributed by atoms with Gasteiger partial charge in [0.25, 0.3) is 0 Å². The van der Waals surface area contributed by atoms with E-state index in [4.69, 9.17) is 4.74 Å². The van der Waals surface area contributed by atoms with Crippen LogP contribution in [-0.2, 0) is 11.3 Å². The van der Waals surface area contributed by atoms with Crippen molar-refractivity contribution in [2.75, 3.05) is 13.7 Å². The molecule has 2 fully saturated rings. The zero-order valence-corrected chi connectivity index (χ0v) is 14.6. The number of methoxy groups -OCH3 is 1. The molecule has 1 amide bonds. The SMILES string of the molecule is COc1ccc(CN(C(=O)CCC2CCCN2)C2CC2)cc1.Cl. The Morgan fingerprint density at radius 3 is 2.57 bits per heavy atom. The molecule has 0 radical (unpaired) electrons. The van der Waals surface area contributed by atoms with E-state index in [0.717, 1.165) is 38.1 Å². The lowest BCUT2D eigenvalue weighted by atomic mass is 10.1. The molecular weight excluding hydrogens is 312 g/mol. The number of benzene rings is 1. The van der Waals surface area contributed by atoms with Crippen LogP contribution < -0.4 is 10.1 Å². The van der Waals surface area contributed by atoms with Crippen LogP contribution in [0.4, 0.5) is 0 Å². The zero-order chi connectivity index (χ0) is 15.4. The van der Waals surface area contributed by atoms with Crippen LogP contribution in [-0.4, -0.2) is 36.5 Å². The second-order valence-corrected chi connectivity index (χ2v) is 6.43. The number of amides is 1. The molecule has 128 valence electrons. The van der Waals surface area contributed by atoms with Crippen molar-refractivity contribution in [1.82, 2.24) is 10.2 Å². The molecule has 1 aromatic carbocycles. The van der Waals surface area contributed by atoms with Crippen molar-refractivity contribution in [3.05, 3.63) is 29.8 Å². The Bertz CT molecular complexity index is 496. The van der Waals surface area contributed by atoms with Crippen LogP contribution >= 0.6 is 12.4 Å². The quantitative estimate of drug-likeness (QED) is 0.830. The Morgan fingerprint density at radius 2 is 2.00 bits per heavy atom. The molecule has 0 bridgehead atoms. The molecule has 1 unspecified atom stereocenters. The lowest BCUT2D eigenvalue weighted by Crippen LogP contribution is -2.33. The predicted octanol–water partition coefficient (Wildman–Crippen LogP) is 3.14. The summed E-state index contributed by atoms with van der Waals surface area (Å²) >= 11 is 0. The molecule has 1 heterocycles. The average molecular weight is 339 g/mol. The number of hydrogen-bond acceptors (Lipinski definition) is 3. The van der Waals surface area contributed by atoms with Gasteiger partial charge in [0.05, 0.1) is 7.11 Å². The maximum absolute atomic E-state index is 12.6. The third kappa shape index (κ3) is 5.11. The van der Waals surface area contributed by atoms with Gasteiger partial charge in [0, 0.05) is 25.0 Å². The summed E-state index contributed by atoms with van der Waals surface area (Å²) in [5, 5.41) is 3.47. The fourth-order valence-electron chi connectivity index (χ4n) is 3.18. The Balaban J connectivity index is 0.00000192.